The highest BCUT2D eigenvalue weighted by atomic mass is 35.5. The van der Waals surface area contributed by atoms with Crippen LogP contribution in [0.5, 0.6) is 5.75 Å². The van der Waals surface area contributed by atoms with E-state index in [1.54, 1.807) is 7.11 Å². The normalized spacial score (nSPS) is 11.9. The highest BCUT2D eigenvalue weighted by Crippen LogP contribution is 2.27. The van der Waals surface area contributed by atoms with Crippen molar-refractivity contribution >= 4 is 11.6 Å². The molecule has 0 aliphatic carbocycles. The Labute approximate surface area is 107 Å². The number of nitrogens with two attached hydrogens (primary N) is 1. The van der Waals surface area contributed by atoms with Crippen LogP contribution in [0, 0.1) is 12.3 Å². The van der Waals surface area contributed by atoms with Crippen LogP contribution in [0.3, 0.4) is 0 Å². The van der Waals surface area contributed by atoms with E-state index >= 15 is 0 Å². The zero-order chi connectivity index (χ0) is 12.7. The number of hydrogen-bond acceptors (Lipinski definition) is 3. The summed E-state index contributed by atoms with van der Waals surface area (Å²) in [5.41, 5.74) is 6.76. The van der Waals surface area contributed by atoms with Crippen LogP contribution in [0.15, 0.2) is 18.2 Å². The zero-order valence-electron chi connectivity index (χ0n) is 9.87. The Morgan fingerprint density at radius 2 is 2.35 bits per heavy atom. The minimum absolute atomic E-state index is 0.0618. The van der Waals surface area contributed by atoms with Crippen LogP contribution < -0.4 is 15.8 Å². The molecule has 0 heterocycles. The average molecular weight is 253 g/mol. The van der Waals surface area contributed by atoms with E-state index in [0.717, 1.165) is 12.1 Å². The fraction of sp³-hybridized carbons (Fsp3) is 0.385. The maximum Gasteiger partial charge on any atom is 0.137 e. The molecule has 1 atom stereocenters. The van der Waals surface area contributed by atoms with Gasteiger partial charge in [0, 0.05) is 25.6 Å². The lowest BCUT2D eigenvalue weighted by atomic mass is 10.1. The van der Waals surface area contributed by atoms with E-state index in [9.17, 15) is 0 Å². The Morgan fingerprint density at radius 3 is 2.88 bits per heavy atom. The lowest BCUT2D eigenvalue weighted by molar-refractivity contribution is 0.414. The first kappa shape index (κ1) is 13.9. The Morgan fingerprint density at radius 1 is 1.59 bits per heavy atom. The van der Waals surface area contributed by atoms with Gasteiger partial charge >= 0.3 is 0 Å². The van der Waals surface area contributed by atoms with Gasteiger partial charge in [-0.25, -0.2) is 0 Å². The molecule has 4 heteroatoms. The van der Waals surface area contributed by atoms with Gasteiger partial charge in [-0.1, -0.05) is 17.7 Å². The standard InChI is InChI=1S/C13H17ClN2O/c1-3-4-7-16-12(9-15)10-5-6-13(17-2)11(14)8-10/h1,5-6,8,12,16H,4,7,9,15H2,2H3. The fourth-order valence-corrected chi connectivity index (χ4v) is 1.82. The predicted molar refractivity (Wildman–Crippen MR) is 71.3 cm³/mol. The molecule has 0 saturated heterocycles. The molecular weight excluding hydrogens is 236 g/mol. The van der Waals surface area contributed by atoms with Gasteiger partial charge in [-0.05, 0) is 17.7 Å². The first-order chi connectivity index (χ1) is 8.22. The number of benzene rings is 1. The molecule has 1 aromatic rings. The van der Waals surface area contributed by atoms with Gasteiger partial charge in [-0.2, -0.15) is 0 Å². The van der Waals surface area contributed by atoms with Gasteiger partial charge in [0.25, 0.3) is 0 Å². The Hall–Kier alpha value is -1.21. The van der Waals surface area contributed by atoms with Crippen molar-refractivity contribution in [2.45, 2.75) is 12.5 Å². The summed E-state index contributed by atoms with van der Waals surface area (Å²) in [5, 5.41) is 3.87. The van der Waals surface area contributed by atoms with Crippen LogP contribution in [0.1, 0.15) is 18.0 Å². The van der Waals surface area contributed by atoms with Crippen molar-refractivity contribution in [1.82, 2.24) is 5.32 Å². The summed E-state index contributed by atoms with van der Waals surface area (Å²) in [5.74, 6) is 3.24. The first-order valence-electron chi connectivity index (χ1n) is 5.43. The van der Waals surface area contributed by atoms with Crippen molar-refractivity contribution < 1.29 is 4.74 Å². The molecule has 1 rings (SSSR count). The third kappa shape index (κ3) is 3.94. The molecule has 0 bridgehead atoms. The van der Waals surface area contributed by atoms with Crippen molar-refractivity contribution in [2.24, 2.45) is 5.73 Å². The highest BCUT2D eigenvalue weighted by Gasteiger charge is 2.10. The van der Waals surface area contributed by atoms with E-state index < -0.39 is 0 Å². The summed E-state index contributed by atoms with van der Waals surface area (Å²) in [6.45, 7) is 1.23. The lowest BCUT2D eigenvalue weighted by Gasteiger charge is -2.17. The van der Waals surface area contributed by atoms with Crippen LogP contribution in [0.25, 0.3) is 0 Å². The van der Waals surface area contributed by atoms with Crippen LogP contribution in [0.2, 0.25) is 5.02 Å². The number of methoxy groups -OCH3 is 1. The lowest BCUT2D eigenvalue weighted by Crippen LogP contribution is -2.28. The third-order valence-corrected chi connectivity index (χ3v) is 2.77. The molecule has 3 nitrogen and oxygen atoms in total. The molecule has 0 amide bonds. The molecule has 0 fully saturated rings. The quantitative estimate of drug-likeness (QED) is 0.601. The highest BCUT2D eigenvalue weighted by molar-refractivity contribution is 6.32. The number of ether oxygens (including phenoxy) is 1. The summed E-state index contributed by atoms with van der Waals surface area (Å²) in [4.78, 5) is 0. The molecule has 17 heavy (non-hydrogen) atoms. The monoisotopic (exact) mass is 252 g/mol. The SMILES string of the molecule is C#CCCNC(CN)c1ccc(OC)c(Cl)c1. The molecule has 1 aromatic carbocycles. The van der Waals surface area contributed by atoms with Crippen molar-refractivity contribution in [3.8, 4) is 18.1 Å². The molecule has 0 saturated carbocycles. The van der Waals surface area contributed by atoms with E-state index in [2.05, 4.69) is 11.2 Å². The minimum atomic E-state index is 0.0618. The van der Waals surface area contributed by atoms with Crippen molar-refractivity contribution in [3.63, 3.8) is 0 Å². The Balaban J connectivity index is 2.75. The maximum atomic E-state index is 6.07. The molecular formula is C13H17ClN2O. The summed E-state index contributed by atoms with van der Waals surface area (Å²) in [6.07, 6.45) is 5.88. The molecule has 0 radical (unpaired) electrons. The molecule has 0 aliphatic rings. The molecule has 0 aromatic heterocycles. The summed E-state index contributed by atoms with van der Waals surface area (Å²) < 4.78 is 5.10. The second kappa shape index (κ2) is 7.18. The molecule has 3 N–H and O–H groups in total. The van der Waals surface area contributed by atoms with Crippen LogP contribution in [-0.2, 0) is 0 Å². The van der Waals surface area contributed by atoms with Crippen LogP contribution in [0.4, 0.5) is 0 Å². The molecule has 0 spiro atoms. The van der Waals surface area contributed by atoms with E-state index in [0.29, 0.717) is 23.7 Å². The topological polar surface area (TPSA) is 47.3 Å². The first-order valence-corrected chi connectivity index (χ1v) is 5.81. The third-order valence-electron chi connectivity index (χ3n) is 2.47. The summed E-state index contributed by atoms with van der Waals surface area (Å²) in [6, 6.07) is 5.71. The number of nitrogens with one attached hydrogen (secondary N) is 1. The maximum absolute atomic E-state index is 6.07. The van der Waals surface area contributed by atoms with E-state index in [4.69, 9.17) is 28.5 Å². The van der Waals surface area contributed by atoms with Gasteiger partial charge in [0.15, 0.2) is 0 Å². The smallest absolute Gasteiger partial charge is 0.137 e. The van der Waals surface area contributed by atoms with Gasteiger partial charge in [0.2, 0.25) is 0 Å². The number of terminal acetylenes is 1. The van der Waals surface area contributed by atoms with Crippen molar-refractivity contribution in [3.05, 3.63) is 28.8 Å². The van der Waals surface area contributed by atoms with Crippen molar-refractivity contribution in [2.75, 3.05) is 20.2 Å². The average Bonchev–Trinajstić information content (AvgIpc) is 2.35. The van der Waals surface area contributed by atoms with Crippen LogP contribution >= 0.6 is 11.6 Å². The zero-order valence-corrected chi connectivity index (χ0v) is 10.6. The number of halogens is 1. The van der Waals surface area contributed by atoms with E-state index in [1.165, 1.54) is 0 Å². The van der Waals surface area contributed by atoms with Crippen molar-refractivity contribution in [1.29, 1.82) is 0 Å². The van der Waals surface area contributed by atoms with Gasteiger partial charge in [-0.15, -0.1) is 12.3 Å². The second-order valence-electron chi connectivity index (χ2n) is 3.59. The predicted octanol–water partition coefficient (Wildman–Crippen LogP) is 1.96. The number of hydrogen-bond donors (Lipinski definition) is 2. The molecule has 0 aliphatic heterocycles. The van der Waals surface area contributed by atoms with E-state index in [1.807, 2.05) is 18.2 Å². The van der Waals surface area contributed by atoms with Gasteiger partial charge in [0.1, 0.15) is 5.75 Å². The molecule has 92 valence electrons. The Bertz CT molecular complexity index is 401. The Kier molecular flexibility index (Phi) is 5.85. The minimum Gasteiger partial charge on any atom is -0.495 e. The molecule has 1 unspecified atom stereocenters. The van der Waals surface area contributed by atoms with E-state index in [-0.39, 0.29) is 6.04 Å². The summed E-state index contributed by atoms with van der Waals surface area (Å²) in [7, 11) is 1.59. The second-order valence-corrected chi connectivity index (χ2v) is 4.00. The van der Waals surface area contributed by atoms with Gasteiger partial charge in [0.05, 0.1) is 12.1 Å². The van der Waals surface area contributed by atoms with Gasteiger partial charge < -0.3 is 15.8 Å². The largest absolute Gasteiger partial charge is 0.495 e. The number of rotatable bonds is 6. The van der Waals surface area contributed by atoms with Crippen LogP contribution in [-0.4, -0.2) is 20.2 Å². The fourth-order valence-electron chi connectivity index (χ4n) is 1.56. The summed E-state index contributed by atoms with van der Waals surface area (Å²) >= 11 is 6.07. The van der Waals surface area contributed by atoms with Gasteiger partial charge in [-0.3, -0.25) is 0 Å².